The first-order valence-electron chi connectivity index (χ1n) is 6.80. The molecule has 2 rings (SSSR count). The summed E-state index contributed by atoms with van der Waals surface area (Å²) in [7, 11) is 0. The third-order valence-corrected chi connectivity index (χ3v) is 3.59. The molecule has 0 saturated carbocycles. The van der Waals surface area contributed by atoms with Crippen LogP contribution in [0.5, 0.6) is 11.5 Å². The van der Waals surface area contributed by atoms with E-state index >= 15 is 0 Å². The van der Waals surface area contributed by atoms with Gasteiger partial charge in [-0.15, -0.1) is 11.8 Å². The van der Waals surface area contributed by atoms with Gasteiger partial charge in [-0.2, -0.15) is 0 Å². The van der Waals surface area contributed by atoms with Crippen molar-refractivity contribution in [3.05, 3.63) is 48.3 Å². The molecule has 0 aliphatic carbocycles. The summed E-state index contributed by atoms with van der Waals surface area (Å²) in [6, 6.07) is 11.9. The fourth-order valence-corrected chi connectivity index (χ4v) is 2.37. The van der Waals surface area contributed by atoms with Gasteiger partial charge in [0.25, 0.3) is 0 Å². The quantitative estimate of drug-likeness (QED) is 0.614. The zero-order valence-electron chi connectivity index (χ0n) is 11.9. The summed E-state index contributed by atoms with van der Waals surface area (Å²) >= 11 is 1.68. The zero-order chi connectivity index (χ0) is 14.2. The van der Waals surface area contributed by atoms with Gasteiger partial charge in [-0.1, -0.05) is 19.1 Å². The average molecular weight is 288 g/mol. The normalized spacial score (nSPS) is 10.5. The minimum absolute atomic E-state index is 0.773. The number of pyridine rings is 1. The van der Waals surface area contributed by atoms with Crippen molar-refractivity contribution in [3.8, 4) is 11.5 Å². The number of aromatic nitrogens is 1. The highest BCUT2D eigenvalue weighted by molar-refractivity contribution is 7.98. The number of nitrogens with zero attached hydrogens (tertiary/aromatic N) is 1. The fraction of sp³-hybridized carbons (Fsp3) is 0.312. The second-order valence-corrected chi connectivity index (χ2v) is 5.26. The van der Waals surface area contributed by atoms with Gasteiger partial charge in [0.05, 0.1) is 5.69 Å². The predicted octanol–water partition coefficient (Wildman–Crippen LogP) is 4.10. The minimum atomic E-state index is 0.773. The molecule has 2 aromatic rings. The smallest absolute Gasteiger partial charge is 0.140 e. The van der Waals surface area contributed by atoms with E-state index in [2.05, 4.69) is 29.5 Å². The fourth-order valence-electron chi connectivity index (χ4n) is 1.84. The van der Waals surface area contributed by atoms with Gasteiger partial charge in [-0.05, 0) is 37.4 Å². The van der Waals surface area contributed by atoms with Crippen LogP contribution in [0.2, 0.25) is 0 Å². The summed E-state index contributed by atoms with van der Waals surface area (Å²) in [5, 5.41) is 3.34. The predicted molar refractivity (Wildman–Crippen MR) is 84.5 cm³/mol. The van der Waals surface area contributed by atoms with Crippen molar-refractivity contribution in [2.45, 2.75) is 24.8 Å². The number of hydrogen-bond donors (Lipinski definition) is 1. The molecule has 0 bridgehead atoms. The molecular formula is C16H20N2OS. The highest BCUT2D eigenvalue weighted by Gasteiger charge is 2.04. The van der Waals surface area contributed by atoms with Crippen LogP contribution in [0.3, 0.4) is 0 Å². The zero-order valence-corrected chi connectivity index (χ0v) is 12.7. The minimum Gasteiger partial charge on any atom is -0.456 e. The molecule has 1 heterocycles. The third-order valence-electron chi connectivity index (χ3n) is 2.82. The molecule has 4 heteroatoms. The molecule has 0 aliphatic heterocycles. The number of thioether (sulfide) groups is 1. The van der Waals surface area contributed by atoms with Gasteiger partial charge in [-0.25, -0.2) is 0 Å². The number of benzene rings is 1. The molecule has 20 heavy (non-hydrogen) atoms. The van der Waals surface area contributed by atoms with Crippen LogP contribution in [0.25, 0.3) is 0 Å². The van der Waals surface area contributed by atoms with Gasteiger partial charge < -0.3 is 10.1 Å². The first-order chi connectivity index (χ1) is 9.83. The standard InChI is InChI=1S/C16H20N2OS/c1-3-9-17-12-13-11-14(8-10-18-13)19-15-6-4-5-7-16(15)20-2/h4-8,10-11,17H,3,9,12H2,1-2H3. The molecule has 0 saturated heterocycles. The molecule has 0 fully saturated rings. The summed E-state index contributed by atoms with van der Waals surface area (Å²) in [6.45, 7) is 3.93. The van der Waals surface area contributed by atoms with Crippen LogP contribution in [-0.2, 0) is 6.54 Å². The first kappa shape index (κ1) is 14.9. The van der Waals surface area contributed by atoms with Crippen molar-refractivity contribution in [1.82, 2.24) is 10.3 Å². The average Bonchev–Trinajstić information content (AvgIpc) is 2.48. The van der Waals surface area contributed by atoms with Crippen molar-refractivity contribution >= 4 is 11.8 Å². The van der Waals surface area contributed by atoms with Gasteiger partial charge in [0.1, 0.15) is 11.5 Å². The number of hydrogen-bond acceptors (Lipinski definition) is 4. The Labute approximate surface area is 124 Å². The molecule has 0 radical (unpaired) electrons. The second kappa shape index (κ2) is 7.92. The number of nitrogens with one attached hydrogen (secondary N) is 1. The lowest BCUT2D eigenvalue weighted by Crippen LogP contribution is -2.14. The van der Waals surface area contributed by atoms with Gasteiger partial charge in [0, 0.05) is 23.7 Å². The SMILES string of the molecule is CCCNCc1cc(Oc2ccccc2SC)ccn1. The number of ether oxygens (including phenoxy) is 1. The molecule has 1 aromatic heterocycles. The lowest BCUT2D eigenvalue weighted by atomic mass is 10.3. The van der Waals surface area contributed by atoms with Gasteiger partial charge in [-0.3, -0.25) is 4.98 Å². The van der Waals surface area contributed by atoms with Gasteiger partial charge in [0.15, 0.2) is 0 Å². The van der Waals surface area contributed by atoms with Crippen molar-refractivity contribution in [1.29, 1.82) is 0 Å². The largest absolute Gasteiger partial charge is 0.456 e. The topological polar surface area (TPSA) is 34.1 Å². The third kappa shape index (κ3) is 4.25. The molecule has 1 aromatic carbocycles. The molecule has 0 unspecified atom stereocenters. The van der Waals surface area contributed by atoms with Crippen molar-refractivity contribution in [3.63, 3.8) is 0 Å². The van der Waals surface area contributed by atoms with Crippen LogP contribution in [0.4, 0.5) is 0 Å². The highest BCUT2D eigenvalue weighted by atomic mass is 32.2. The molecule has 0 atom stereocenters. The van der Waals surface area contributed by atoms with Crippen LogP contribution >= 0.6 is 11.8 Å². The maximum Gasteiger partial charge on any atom is 0.140 e. The van der Waals surface area contributed by atoms with E-state index in [-0.39, 0.29) is 0 Å². The Kier molecular flexibility index (Phi) is 5.89. The number of rotatable bonds is 7. The lowest BCUT2D eigenvalue weighted by Gasteiger charge is -2.10. The Morgan fingerprint density at radius 1 is 1.25 bits per heavy atom. The molecular weight excluding hydrogens is 268 g/mol. The summed E-state index contributed by atoms with van der Waals surface area (Å²) < 4.78 is 5.96. The number of para-hydroxylation sites is 1. The first-order valence-corrected chi connectivity index (χ1v) is 8.02. The van der Waals surface area contributed by atoms with E-state index in [0.717, 1.165) is 41.6 Å². The molecule has 3 nitrogen and oxygen atoms in total. The van der Waals surface area contributed by atoms with E-state index in [9.17, 15) is 0 Å². The summed E-state index contributed by atoms with van der Waals surface area (Å²) in [5.74, 6) is 1.72. The Balaban J connectivity index is 2.07. The second-order valence-electron chi connectivity index (χ2n) is 4.41. The Bertz CT molecular complexity index is 546. The van der Waals surface area contributed by atoms with Crippen molar-refractivity contribution in [2.75, 3.05) is 12.8 Å². The molecule has 0 aliphatic rings. The molecule has 106 valence electrons. The monoisotopic (exact) mass is 288 g/mol. The lowest BCUT2D eigenvalue weighted by molar-refractivity contribution is 0.469. The Morgan fingerprint density at radius 3 is 2.90 bits per heavy atom. The summed E-state index contributed by atoms with van der Waals surface area (Å²) in [6.07, 6.45) is 4.96. The van der Waals surface area contributed by atoms with Crippen LogP contribution in [0, 0.1) is 0 Å². The summed E-state index contributed by atoms with van der Waals surface area (Å²) in [5.41, 5.74) is 0.998. The van der Waals surface area contributed by atoms with E-state index in [1.165, 1.54) is 0 Å². The van der Waals surface area contributed by atoms with Crippen LogP contribution in [-0.4, -0.2) is 17.8 Å². The maximum absolute atomic E-state index is 5.96. The van der Waals surface area contributed by atoms with Crippen LogP contribution in [0.15, 0.2) is 47.5 Å². The van der Waals surface area contributed by atoms with Crippen molar-refractivity contribution < 1.29 is 4.74 Å². The van der Waals surface area contributed by atoms with E-state index < -0.39 is 0 Å². The van der Waals surface area contributed by atoms with Gasteiger partial charge in [0.2, 0.25) is 0 Å². The highest BCUT2D eigenvalue weighted by Crippen LogP contribution is 2.31. The molecule has 1 N–H and O–H groups in total. The van der Waals surface area contributed by atoms with E-state index in [4.69, 9.17) is 4.74 Å². The van der Waals surface area contributed by atoms with Crippen LogP contribution in [0.1, 0.15) is 19.0 Å². The molecule has 0 amide bonds. The summed E-state index contributed by atoms with van der Waals surface area (Å²) in [4.78, 5) is 5.48. The van der Waals surface area contributed by atoms with Crippen LogP contribution < -0.4 is 10.1 Å². The van der Waals surface area contributed by atoms with Crippen molar-refractivity contribution in [2.24, 2.45) is 0 Å². The molecule has 0 spiro atoms. The Morgan fingerprint density at radius 2 is 2.10 bits per heavy atom. The van der Waals surface area contributed by atoms with Gasteiger partial charge >= 0.3 is 0 Å². The maximum atomic E-state index is 5.96. The van der Waals surface area contributed by atoms with E-state index in [1.807, 2.05) is 30.3 Å². The Hall–Kier alpha value is -1.52. The van der Waals surface area contributed by atoms with E-state index in [1.54, 1.807) is 18.0 Å². The van der Waals surface area contributed by atoms with E-state index in [0.29, 0.717) is 0 Å².